The Balaban J connectivity index is 0.00000400. The van der Waals surface area contributed by atoms with E-state index in [-0.39, 0.29) is 6.15 Å². The summed E-state index contributed by atoms with van der Waals surface area (Å²) >= 11 is 0. The highest BCUT2D eigenvalue weighted by Crippen LogP contribution is 2.49. The lowest BCUT2D eigenvalue weighted by Gasteiger charge is -2.23. The number of nitrogens with one attached hydrogen (secondary N) is 2. The standard InChI is InChI=1S/C18H23N4O14P.H3N/c23-5-7-14(13(28)16(34-7)22-4-2-10(25)20-18(22)30)36-37(31,32)33-6-8-11(26)12(27)15(35-8)21-3-1-9(24)19-17(21)29;/h1-4,7-8,11-16,23,26-28H,5-6H2,(H,31,32)(H,19,24,29)(H,20,25,30);1H3. The van der Waals surface area contributed by atoms with E-state index < -0.39 is 92.6 Å². The minimum Gasteiger partial charge on any atom is -0.394 e. The molecule has 2 saturated heterocycles. The van der Waals surface area contributed by atoms with Gasteiger partial charge in [-0.25, -0.2) is 14.2 Å². The van der Waals surface area contributed by atoms with Gasteiger partial charge in [0.25, 0.3) is 11.1 Å². The lowest BCUT2D eigenvalue weighted by atomic mass is 10.1. The number of rotatable bonds is 8. The van der Waals surface area contributed by atoms with Crippen LogP contribution < -0.4 is 28.6 Å². The third-order valence-electron chi connectivity index (χ3n) is 5.73. The highest BCUT2D eigenvalue weighted by molar-refractivity contribution is 7.47. The maximum Gasteiger partial charge on any atom is 0.472 e. The SMILES string of the molecule is N.O=c1ccn(C2OC(COP(=O)(O)OC3C(CO)OC(n4ccc(=O)[nH]c4=O)C3O)C(O)C2O)c(=O)[nH]1. The van der Waals surface area contributed by atoms with E-state index in [4.69, 9.17) is 18.5 Å². The number of H-pyrrole nitrogens is 2. The second kappa shape index (κ2) is 11.5. The van der Waals surface area contributed by atoms with Gasteiger partial charge in [-0.2, -0.15) is 0 Å². The number of aliphatic hydroxyl groups is 4. The highest BCUT2D eigenvalue weighted by Gasteiger charge is 2.50. The molecule has 9 unspecified atom stereocenters. The van der Waals surface area contributed by atoms with Gasteiger partial charge in [-0.1, -0.05) is 0 Å². The second-order valence-corrected chi connectivity index (χ2v) is 9.56. The predicted molar refractivity (Wildman–Crippen MR) is 121 cm³/mol. The van der Waals surface area contributed by atoms with Crippen molar-refractivity contribution < 1.29 is 48.4 Å². The van der Waals surface area contributed by atoms with Crippen LogP contribution in [0.4, 0.5) is 0 Å². The number of nitrogens with zero attached hydrogens (tertiary/aromatic N) is 2. The van der Waals surface area contributed by atoms with Crippen molar-refractivity contribution in [2.24, 2.45) is 0 Å². The fourth-order valence-electron chi connectivity index (χ4n) is 3.93. The number of phosphoric acid groups is 1. The molecule has 0 bridgehead atoms. The zero-order valence-electron chi connectivity index (χ0n) is 19.3. The van der Waals surface area contributed by atoms with Gasteiger partial charge in [0.15, 0.2) is 12.5 Å². The molecule has 38 heavy (non-hydrogen) atoms. The summed E-state index contributed by atoms with van der Waals surface area (Å²) in [4.78, 5) is 60.5. The van der Waals surface area contributed by atoms with Crippen molar-refractivity contribution in [2.75, 3.05) is 13.2 Å². The van der Waals surface area contributed by atoms with Crippen LogP contribution >= 0.6 is 7.82 Å². The first kappa shape index (κ1) is 29.7. The summed E-state index contributed by atoms with van der Waals surface area (Å²) in [6.45, 7) is -1.64. The van der Waals surface area contributed by atoms with Gasteiger partial charge >= 0.3 is 19.2 Å². The summed E-state index contributed by atoms with van der Waals surface area (Å²) in [7, 11) is -5.06. The summed E-state index contributed by atoms with van der Waals surface area (Å²) in [5, 5.41) is 40.6. The summed E-state index contributed by atoms with van der Waals surface area (Å²) in [6, 6.07) is 1.94. The van der Waals surface area contributed by atoms with Crippen LogP contribution in [0.2, 0.25) is 0 Å². The first-order valence-corrected chi connectivity index (χ1v) is 12.2. The van der Waals surface area contributed by atoms with E-state index in [9.17, 15) is 49.1 Å². The first-order chi connectivity index (χ1) is 17.4. The van der Waals surface area contributed by atoms with E-state index in [1.807, 2.05) is 9.97 Å². The molecule has 2 aliphatic rings. The Kier molecular flexibility index (Phi) is 9.01. The molecular weight excluding hydrogens is 541 g/mol. The molecule has 2 aliphatic heterocycles. The number of aliphatic hydroxyl groups excluding tert-OH is 4. The van der Waals surface area contributed by atoms with E-state index in [2.05, 4.69) is 0 Å². The van der Waals surface area contributed by atoms with Crippen LogP contribution in [0.1, 0.15) is 12.5 Å². The van der Waals surface area contributed by atoms with Crippen LogP contribution in [0.25, 0.3) is 0 Å². The van der Waals surface area contributed by atoms with E-state index >= 15 is 0 Å². The van der Waals surface area contributed by atoms with Crippen LogP contribution in [0, 0.1) is 0 Å². The van der Waals surface area contributed by atoms with Crippen LogP contribution in [0.3, 0.4) is 0 Å². The van der Waals surface area contributed by atoms with Crippen molar-refractivity contribution in [1.82, 2.24) is 25.3 Å². The molecule has 2 aromatic heterocycles. The molecule has 0 saturated carbocycles. The average molecular weight is 567 g/mol. The summed E-state index contributed by atoms with van der Waals surface area (Å²) in [6.07, 6.45) is -10.6. The molecule has 2 aromatic rings. The molecular formula is C18H26N5O14P. The molecule has 2 fully saturated rings. The molecule has 4 heterocycles. The third-order valence-corrected chi connectivity index (χ3v) is 6.72. The Morgan fingerprint density at radius 1 is 0.868 bits per heavy atom. The molecule has 19 nitrogen and oxygen atoms in total. The number of hydrogen-bond acceptors (Lipinski definition) is 14. The monoisotopic (exact) mass is 567 g/mol. The lowest BCUT2D eigenvalue weighted by molar-refractivity contribution is -0.0615. The van der Waals surface area contributed by atoms with Crippen molar-refractivity contribution in [2.45, 2.75) is 49.1 Å². The number of hydrogen-bond donors (Lipinski definition) is 8. The molecule has 20 heteroatoms. The Bertz CT molecular complexity index is 1400. The van der Waals surface area contributed by atoms with E-state index in [0.717, 1.165) is 33.7 Å². The van der Waals surface area contributed by atoms with Gasteiger partial charge in [0.1, 0.15) is 36.6 Å². The predicted octanol–water partition coefficient (Wildman–Crippen LogP) is -4.38. The molecule has 0 aliphatic carbocycles. The smallest absolute Gasteiger partial charge is 0.394 e. The van der Waals surface area contributed by atoms with Gasteiger partial charge in [-0.15, -0.1) is 0 Å². The van der Waals surface area contributed by atoms with Crippen molar-refractivity contribution in [3.8, 4) is 0 Å². The quantitative estimate of drug-likeness (QED) is 0.140. The fraction of sp³-hybridized carbons (Fsp3) is 0.556. The van der Waals surface area contributed by atoms with Crippen LogP contribution in [0.5, 0.6) is 0 Å². The number of phosphoric ester groups is 1. The molecule has 0 aromatic carbocycles. The normalized spacial score (nSPS) is 32.6. The van der Waals surface area contributed by atoms with Gasteiger partial charge < -0.3 is 40.9 Å². The molecule has 212 valence electrons. The minimum atomic E-state index is -5.06. The topological polar surface area (TPSA) is 300 Å². The van der Waals surface area contributed by atoms with Crippen LogP contribution in [0.15, 0.2) is 43.7 Å². The van der Waals surface area contributed by atoms with Gasteiger partial charge in [0.2, 0.25) is 0 Å². The van der Waals surface area contributed by atoms with Gasteiger partial charge in [-0.05, 0) is 0 Å². The molecule has 0 radical (unpaired) electrons. The Hall–Kier alpha value is -2.81. The van der Waals surface area contributed by atoms with Crippen LogP contribution in [-0.4, -0.2) is 94.3 Å². The summed E-state index contributed by atoms with van der Waals surface area (Å²) in [5.74, 6) is 0. The van der Waals surface area contributed by atoms with Gasteiger partial charge in [-0.3, -0.25) is 37.7 Å². The highest BCUT2D eigenvalue weighted by atomic mass is 31.2. The Labute approximate surface area is 210 Å². The number of ether oxygens (including phenoxy) is 2. The van der Waals surface area contributed by atoms with E-state index in [1.54, 1.807) is 0 Å². The average Bonchev–Trinajstić information content (AvgIpc) is 3.28. The Morgan fingerprint density at radius 2 is 1.37 bits per heavy atom. The lowest BCUT2D eigenvalue weighted by Crippen LogP contribution is -2.39. The molecule has 9 atom stereocenters. The Morgan fingerprint density at radius 3 is 1.87 bits per heavy atom. The van der Waals surface area contributed by atoms with Gasteiger partial charge in [0.05, 0.1) is 13.2 Å². The van der Waals surface area contributed by atoms with Crippen molar-refractivity contribution >= 4 is 7.82 Å². The first-order valence-electron chi connectivity index (χ1n) is 10.7. The van der Waals surface area contributed by atoms with Gasteiger partial charge in [0, 0.05) is 24.5 Å². The van der Waals surface area contributed by atoms with Crippen LogP contribution in [-0.2, 0) is 23.1 Å². The largest absolute Gasteiger partial charge is 0.472 e. The third kappa shape index (κ3) is 5.92. The van der Waals surface area contributed by atoms with Crippen molar-refractivity contribution in [3.05, 3.63) is 66.2 Å². The number of aromatic nitrogens is 4. The summed E-state index contributed by atoms with van der Waals surface area (Å²) < 4.78 is 34.7. The second-order valence-electron chi connectivity index (χ2n) is 8.15. The molecule has 10 N–H and O–H groups in total. The zero-order chi connectivity index (χ0) is 27.1. The summed E-state index contributed by atoms with van der Waals surface area (Å²) in [5.41, 5.74) is -3.33. The maximum atomic E-state index is 12.6. The van der Waals surface area contributed by atoms with E-state index in [1.165, 1.54) is 0 Å². The molecule has 4 rings (SSSR count). The molecule has 0 spiro atoms. The van der Waals surface area contributed by atoms with Crippen molar-refractivity contribution in [1.29, 1.82) is 0 Å². The van der Waals surface area contributed by atoms with E-state index in [0.29, 0.717) is 0 Å². The minimum absolute atomic E-state index is 0. The fourth-order valence-corrected chi connectivity index (χ4v) is 4.89. The van der Waals surface area contributed by atoms with Crippen molar-refractivity contribution in [3.63, 3.8) is 0 Å². The maximum absolute atomic E-state index is 12.6. The molecule has 0 amide bonds. The zero-order valence-corrected chi connectivity index (χ0v) is 20.2. The number of aromatic amines is 2.